The number of halogens is 1. The summed E-state index contributed by atoms with van der Waals surface area (Å²) in [5.41, 5.74) is 0.936. The van der Waals surface area contributed by atoms with E-state index < -0.39 is 20.8 Å². The number of carbonyl (C=O) groups is 1. The van der Waals surface area contributed by atoms with Crippen molar-refractivity contribution in [1.82, 2.24) is 4.90 Å². The topological polar surface area (TPSA) is 97.6 Å². The highest BCUT2D eigenvalue weighted by molar-refractivity contribution is 7.91. The van der Waals surface area contributed by atoms with Gasteiger partial charge in [-0.1, -0.05) is 23.7 Å². The summed E-state index contributed by atoms with van der Waals surface area (Å²) in [5.74, 6) is -0.421. The molecule has 7 nitrogen and oxygen atoms in total. The SMILES string of the molecule is O=C(c1ccc([N+](=O)[O-])cc1)N(Cc1cccc(Cl)c1)C1CCS(=O)(=O)C1. The number of amides is 1. The molecule has 0 saturated carbocycles. The fourth-order valence-corrected chi connectivity index (χ4v) is 5.06. The fraction of sp³-hybridized carbons (Fsp3) is 0.278. The Morgan fingerprint density at radius 2 is 1.93 bits per heavy atom. The molecule has 0 N–H and O–H groups in total. The summed E-state index contributed by atoms with van der Waals surface area (Å²) in [6.07, 6.45) is 0.363. The molecule has 9 heteroatoms. The highest BCUT2D eigenvalue weighted by Gasteiger charge is 2.35. The van der Waals surface area contributed by atoms with Gasteiger partial charge in [0.1, 0.15) is 0 Å². The Balaban J connectivity index is 1.90. The third-order valence-corrected chi connectivity index (χ3v) is 6.46. The number of nitrogens with zero attached hydrogens (tertiary/aromatic N) is 2. The van der Waals surface area contributed by atoms with Crippen molar-refractivity contribution >= 4 is 33.0 Å². The van der Waals surface area contributed by atoms with Crippen molar-refractivity contribution in [3.8, 4) is 0 Å². The molecule has 0 aromatic heterocycles. The average Bonchev–Trinajstić information content (AvgIpc) is 2.99. The van der Waals surface area contributed by atoms with Crippen LogP contribution in [0.5, 0.6) is 0 Å². The van der Waals surface area contributed by atoms with E-state index in [1.807, 2.05) is 6.07 Å². The van der Waals surface area contributed by atoms with Crippen molar-refractivity contribution in [3.05, 3.63) is 74.8 Å². The van der Waals surface area contributed by atoms with Crippen LogP contribution in [-0.2, 0) is 16.4 Å². The highest BCUT2D eigenvalue weighted by atomic mass is 35.5. The summed E-state index contributed by atoms with van der Waals surface area (Å²) < 4.78 is 23.8. The van der Waals surface area contributed by atoms with Gasteiger partial charge in [0.05, 0.1) is 16.4 Å². The van der Waals surface area contributed by atoms with E-state index in [2.05, 4.69) is 0 Å². The zero-order chi connectivity index (χ0) is 19.6. The van der Waals surface area contributed by atoms with Crippen LogP contribution in [0.15, 0.2) is 48.5 Å². The lowest BCUT2D eigenvalue weighted by atomic mass is 10.1. The Bertz CT molecular complexity index is 976. The van der Waals surface area contributed by atoms with Crippen LogP contribution in [0.4, 0.5) is 5.69 Å². The normalized spacial score (nSPS) is 18.2. The number of nitro groups is 1. The van der Waals surface area contributed by atoms with Crippen LogP contribution >= 0.6 is 11.6 Å². The molecule has 1 heterocycles. The van der Waals surface area contributed by atoms with E-state index in [0.717, 1.165) is 5.56 Å². The molecule has 0 radical (unpaired) electrons. The second-order valence-corrected chi connectivity index (χ2v) is 9.09. The minimum absolute atomic E-state index is 0.0389. The zero-order valence-corrected chi connectivity index (χ0v) is 15.8. The first-order valence-corrected chi connectivity index (χ1v) is 10.5. The first kappa shape index (κ1) is 19.3. The summed E-state index contributed by atoms with van der Waals surface area (Å²) in [6, 6.07) is 11.9. The molecule has 1 saturated heterocycles. The fourth-order valence-electron chi connectivity index (χ4n) is 3.11. The molecule has 2 aromatic rings. The van der Waals surface area contributed by atoms with Crippen molar-refractivity contribution in [3.63, 3.8) is 0 Å². The van der Waals surface area contributed by atoms with Crippen molar-refractivity contribution in [2.45, 2.75) is 19.0 Å². The summed E-state index contributed by atoms with van der Waals surface area (Å²) in [7, 11) is -3.18. The van der Waals surface area contributed by atoms with Crippen molar-refractivity contribution in [2.24, 2.45) is 0 Å². The lowest BCUT2D eigenvalue weighted by Crippen LogP contribution is -2.40. The lowest BCUT2D eigenvalue weighted by molar-refractivity contribution is -0.384. The first-order valence-electron chi connectivity index (χ1n) is 8.25. The molecule has 1 atom stereocenters. The molecule has 0 spiro atoms. The standard InChI is InChI=1S/C18H17ClN2O5S/c19-15-3-1-2-13(10-15)11-20(17-8-9-27(25,26)12-17)18(22)14-4-6-16(7-5-14)21(23)24/h1-7,10,17H,8-9,11-12H2. The van der Waals surface area contributed by atoms with Crippen molar-refractivity contribution < 1.29 is 18.1 Å². The number of nitro benzene ring substituents is 1. The molecule has 142 valence electrons. The number of hydrogen-bond acceptors (Lipinski definition) is 5. The van der Waals surface area contributed by atoms with Crippen LogP contribution in [0.1, 0.15) is 22.3 Å². The summed E-state index contributed by atoms with van der Waals surface area (Å²) in [5, 5.41) is 11.3. The van der Waals surface area contributed by atoms with E-state index >= 15 is 0 Å². The quantitative estimate of drug-likeness (QED) is 0.559. The predicted octanol–water partition coefficient (Wildman–Crippen LogP) is 3.08. The average molecular weight is 409 g/mol. The maximum Gasteiger partial charge on any atom is 0.269 e. The molecule has 1 amide bonds. The van der Waals surface area contributed by atoms with E-state index in [9.17, 15) is 23.3 Å². The van der Waals surface area contributed by atoms with Gasteiger partial charge in [-0.05, 0) is 36.2 Å². The van der Waals surface area contributed by atoms with E-state index in [1.165, 1.54) is 29.2 Å². The largest absolute Gasteiger partial charge is 0.330 e. The zero-order valence-electron chi connectivity index (χ0n) is 14.2. The van der Waals surface area contributed by atoms with Crippen LogP contribution in [0.25, 0.3) is 0 Å². The van der Waals surface area contributed by atoms with E-state index in [4.69, 9.17) is 11.6 Å². The monoisotopic (exact) mass is 408 g/mol. The minimum Gasteiger partial charge on any atom is -0.330 e. The summed E-state index contributed by atoms with van der Waals surface area (Å²) in [6.45, 7) is 0.205. The third-order valence-electron chi connectivity index (χ3n) is 4.48. The van der Waals surface area contributed by atoms with Gasteiger partial charge in [-0.15, -0.1) is 0 Å². The molecule has 3 rings (SSSR count). The maximum absolute atomic E-state index is 13.0. The van der Waals surface area contributed by atoms with Gasteiger partial charge in [0.15, 0.2) is 9.84 Å². The molecular formula is C18H17ClN2O5S. The molecule has 1 fully saturated rings. The van der Waals surface area contributed by atoms with Gasteiger partial charge < -0.3 is 4.90 Å². The Hall–Kier alpha value is -2.45. The van der Waals surface area contributed by atoms with Crippen molar-refractivity contribution in [1.29, 1.82) is 0 Å². The predicted molar refractivity (Wildman–Crippen MR) is 101 cm³/mol. The second-order valence-electron chi connectivity index (χ2n) is 6.42. The van der Waals surface area contributed by atoms with Crippen LogP contribution in [0.3, 0.4) is 0 Å². The van der Waals surface area contributed by atoms with Gasteiger partial charge >= 0.3 is 0 Å². The Morgan fingerprint density at radius 3 is 2.48 bits per heavy atom. The van der Waals surface area contributed by atoms with Gasteiger partial charge in [0.2, 0.25) is 0 Å². The van der Waals surface area contributed by atoms with Crippen LogP contribution < -0.4 is 0 Å². The Labute approximate surface area is 161 Å². The van der Waals surface area contributed by atoms with Crippen molar-refractivity contribution in [2.75, 3.05) is 11.5 Å². The third kappa shape index (κ3) is 4.64. The number of rotatable bonds is 5. The molecule has 1 unspecified atom stereocenters. The van der Waals surface area contributed by atoms with E-state index in [0.29, 0.717) is 11.4 Å². The van der Waals surface area contributed by atoms with Gasteiger partial charge in [-0.3, -0.25) is 14.9 Å². The molecule has 0 aliphatic carbocycles. The molecule has 2 aromatic carbocycles. The number of hydrogen-bond donors (Lipinski definition) is 0. The summed E-state index contributed by atoms with van der Waals surface area (Å²) >= 11 is 6.01. The molecule has 27 heavy (non-hydrogen) atoms. The minimum atomic E-state index is -3.18. The number of carbonyl (C=O) groups excluding carboxylic acids is 1. The maximum atomic E-state index is 13.0. The second kappa shape index (κ2) is 7.66. The number of benzene rings is 2. The van der Waals surface area contributed by atoms with Gasteiger partial charge in [-0.2, -0.15) is 0 Å². The number of non-ortho nitro benzene ring substituents is 1. The van der Waals surface area contributed by atoms with E-state index in [1.54, 1.807) is 18.2 Å². The summed E-state index contributed by atoms with van der Waals surface area (Å²) in [4.78, 5) is 24.8. The molecule has 1 aliphatic heterocycles. The smallest absolute Gasteiger partial charge is 0.269 e. The van der Waals surface area contributed by atoms with Gasteiger partial charge in [0, 0.05) is 35.3 Å². The van der Waals surface area contributed by atoms with Crippen LogP contribution in [0.2, 0.25) is 5.02 Å². The first-order chi connectivity index (χ1) is 12.7. The van der Waals surface area contributed by atoms with Gasteiger partial charge in [-0.25, -0.2) is 8.42 Å². The Morgan fingerprint density at radius 1 is 1.22 bits per heavy atom. The van der Waals surface area contributed by atoms with E-state index in [-0.39, 0.29) is 35.2 Å². The lowest BCUT2D eigenvalue weighted by Gasteiger charge is -2.28. The Kier molecular flexibility index (Phi) is 5.48. The molecule has 0 bridgehead atoms. The van der Waals surface area contributed by atoms with Crippen LogP contribution in [-0.4, -0.2) is 41.7 Å². The van der Waals surface area contributed by atoms with Crippen LogP contribution in [0, 0.1) is 10.1 Å². The molecule has 1 aliphatic rings. The highest BCUT2D eigenvalue weighted by Crippen LogP contribution is 2.24. The number of sulfone groups is 1. The van der Waals surface area contributed by atoms with Gasteiger partial charge in [0.25, 0.3) is 11.6 Å². The molecular weight excluding hydrogens is 392 g/mol.